The van der Waals surface area contributed by atoms with Gasteiger partial charge in [0.15, 0.2) is 9.84 Å². The monoisotopic (exact) mass is 340 g/mol. The normalized spacial score (nSPS) is 11.5. The lowest BCUT2D eigenvalue weighted by Gasteiger charge is -2.06. The molecule has 1 aromatic carbocycles. The summed E-state index contributed by atoms with van der Waals surface area (Å²) in [6.07, 6.45) is 1.58. The second-order valence-corrected chi connectivity index (χ2v) is 6.98. The Morgan fingerprint density at radius 3 is 2.47 bits per heavy atom. The van der Waals surface area contributed by atoms with Gasteiger partial charge in [-0.3, -0.25) is 4.98 Å². The van der Waals surface area contributed by atoms with Gasteiger partial charge < -0.3 is 5.73 Å². The highest BCUT2D eigenvalue weighted by atomic mass is 79.9. The van der Waals surface area contributed by atoms with E-state index in [0.29, 0.717) is 22.7 Å². The van der Waals surface area contributed by atoms with Crippen LogP contribution in [0.5, 0.6) is 0 Å². The maximum atomic E-state index is 12.2. The topological polar surface area (TPSA) is 73.1 Å². The molecule has 2 aromatic rings. The molecule has 100 valence electrons. The van der Waals surface area contributed by atoms with E-state index >= 15 is 0 Å². The Hall–Kier alpha value is -1.24. The number of aromatic nitrogens is 1. The molecule has 2 rings (SSSR count). The zero-order valence-electron chi connectivity index (χ0n) is 10.1. The van der Waals surface area contributed by atoms with Crippen molar-refractivity contribution in [2.24, 2.45) is 5.73 Å². The second kappa shape index (κ2) is 5.81. The van der Waals surface area contributed by atoms with Gasteiger partial charge in [-0.05, 0) is 42.0 Å². The van der Waals surface area contributed by atoms with E-state index in [1.165, 1.54) is 0 Å². The van der Waals surface area contributed by atoms with Crippen LogP contribution in [0.15, 0.2) is 52.0 Å². The zero-order chi connectivity index (χ0) is 13.9. The molecule has 2 N–H and O–H groups in total. The Labute approximate surface area is 120 Å². The van der Waals surface area contributed by atoms with Gasteiger partial charge in [-0.2, -0.15) is 0 Å². The smallest absolute Gasteiger partial charge is 0.182 e. The SMILES string of the molecule is NCc1cc(CS(=O)(=O)c2ccc(Br)cc2)ccn1. The van der Waals surface area contributed by atoms with Crippen molar-refractivity contribution in [1.29, 1.82) is 0 Å². The number of hydrogen-bond donors (Lipinski definition) is 1. The molecule has 0 bridgehead atoms. The van der Waals surface area contributed by atoms with Crippen LogP contribution in [0.3, 0.4) is 0 Å². The third-order valence-corrected chi connectivity index (χ3v) is 4.85. The van der Waals surface area contributed by atoms with Crippen LogP contribution in [0.25, 0.3) is 0 Å². The number of rotatable bonds is 4. The summed E-state index contributed by atoms with van der Waals surface area (Å²) in [4.78, 5) is 4.35. The molecule has 0 fully saturated rings. The van der Waals surface area contributed by atoms with E-state index in [1.807, 2.05) is 0 Å². The van der Waals surface area contributed by atoms with Crippen LogP contribution in [0.2, 0.25) is 0 Å². The zero-order valence-corrected chi connectivity index (χ0v) is 12.5. The maximum Gasteiger partial charge on any atom is 0.182 e. The third-order valence-electron chi connectivity index (χ3n) is 2.62. The first-order valence-corrected chi connectivity index (χ1v) is 8.08. The third kappa shape index (κ3) is 3.62. The highest BCUT2D eigenvalue weighted by Crippen LogP contribution is 2.19. The number of halogens is 1. The summed E-state index contributed by atoms with van der Waals surface area (Å²) in [5, 5.41) is 0. The van der Waals surface area contributed by atoms with Gasteiger partial charge in [-0.1, -0.05) is 15.9 Å². The average molecular weight is 341 g/mol. The Balaban J connectivity index is 2.28. The Morgan fingerprint density at radius 2 is 1.84 bits per heavy atom. The Kier molecular flexibility index (Phi) is 4.34. The van der Waals surface area contributed by atoms with Crippen LogP contribution in [-0.4, -0.2) is 13.4 Å². The molecule has 1 aromatic heterocycles. The van der Waals surface area contributed by atoms with Gasteiger partial charge in [0.05, 0.1) is 16.3 Å². The van der Waals surface area contributed by atoms with Crippen molar-refractivity contribution in [2.75, 3.05) is 0 Å². The number of hydrogen-bond acceptors (Lipinski definition) is 4. The molecule has 6 heteroatoms. The number of pyridine rings is 1. The quantitative estimate of drug-likeness (QED) is 0.926. The minimum absolute atomic E-state index is 0.0514. The molecule has 1 heterocycles. The van der Waals surface area contributed by atoms with Gasteiger partial charge in [0.1, 0.15) is 0 Å². The van der Waals surface area contributed by atoms with Crippen molar-refractivity contribution in [3.8, 4) is 0 Å². The second-order valence-electron chi connectivity index (χ2n) is 4.07. The van der Waals surface area contributed by atoms with E-state index < -0.39 is 9.84 Å². The summed E-state index contributed by atoms with van der Waals surface area (Å²) in [5.41, 5.74) is 6.87. The molecule has 4 nitrogen and oxygen atoms in total. The van der Waals surface area contributed by atoms with Gasteiger partial charge in [0.25, 0.3) is 0 Å². The summed E-state index contributed by atoms with van der Waals surface area (Å²) in [5.74, 6) is -0.0514. The first kappa shape index (κ1) is 14.2. The van der Waals surface area contributed by atoms with E-state index in [2.05, 4.69) is 20.9 Å². The summed E-state index contributed by atoms with van der Waals surface area (Å²) >= 11 is 3.28. The van der Waals surface area contributed by atoms with Crippen molar-refractivity contribution < 1.29 is 8.42 Å². The number of nitrogens with two attached hydrogens (primary N) is 1. The fraction of sp³-hybridized carbons (Fsp3) is 0.154. The Morgan fingerprint density at radius 1 is 1.16 bits per heavy atom. The molecule has 0 aliphatic rings. The first-order chi connectivity index (χ1) is 9.01. The molecular weight excluding hydrogens is 328 g/mol. The minimum Gasteiger partial charge on any atom is -0.325 e. The van der Waals surface area contributed by atoms with Crippen LogP contribution in [-0.2, 0) is 22.1 Å². The van der Waals surface area contributed by atoms with Gasteiger partial charge >= 0.3 is 0 Å². The molecule has 0 amide bonds. The van der Waals surface area contributed by atoms with Crippen molar-refractivity contribution in [2.45, 2.75) is 17.2 Å². The highest BCUT2D eigenvalue weighted by molar-refractivity contribution is 9.10. The molecule has 0 aliphatic heterocycles. The van der Waals surface area contributed by atoms with Crippen molar-refractivity contribution in [3.63, 3.8) is 0 Å². The number of nitrogens with zero attached hydrogens (tertiary/aromatic N) is 1. The predicted octanol–water partition coefficient (Wildman–Crippen LogP) is 2.28. The van der Waals surface area contributed by atoms with Crippen LogP contribution in [0.4, 0.5) is 0 Å². The van der Waals surface area contributed by atoms with Crippen LogP contribution < -0.4 is 5.73 Å². The van der Waals surface area contributed by atoms with Crippen molar-refractivity contribution in [3.05, 3.63) is 58.3 Å². The number of benzene rings is 1. The standard InChI is InChI=1S/C13H13BrN2O2S/c14-11-1-3-13(4-2-11)19(17,18)9-10-5-6-16-12(7-10)8-15/h1-7H,8-9,15H2. The first-order valence-electron chi connectivity index (χ1n) is 5.63. The maximum absolute atomic E-state index is 12.2. The lowest BCUT2D eigenvalue weighted by molar-refractivity contribution is 0.595. The van der Waals surface area contributed by atoms with Gasteiger partial charge in [0, 0.05) is 17.2 Å². The summed E-state index contributed by atoms with van der Waals surface area (Å²) in [6.45, 7) is 0.298. The minimum atomic E-state index is -3.34. The molecule has 0 spiro atoms. The van der Waals surface area contributed by atoms with Crippen LogP contribution in [0.1, 0.15) is 11.3 Å². The van der Waals surface area contributed by atoms with Gasteiger partial charge in [-0.25, -0.2) is 8.42 Å². The highest BCUT2D eigenvalue weighted by Gasteiger charge is 2.15. The Bertz CT molecular complexity index is 669. The summed E-state index contributed by atoms with van der Waals surface area (Å²) in [7, 11) is -3.34. The molecule has 0 aliphatic carbocycles. The number of sulfone groups is 1. The fourth-order valence-electron chi connectivity index (χ4n) is 1.67. The van der Waals surface area contributed by atoms with Gasteiger partial charge in [0.2, 0.25) is 0 Å². The van der Waals surface area contributed by atoms with E-state index in [4.69, 9.17) is 5.73 Å². The lowest BCUT2D eigenvalue weighted by atomic mass is 10.2. The lowest BCUT2D eigenvalue weighted by Crippen LogP contribution is -2.06. The summed E-state index contributed by atoms with van der Waals surface area (Å²) < 4.78 is 25.3. The van der Waals surface area contributed by atoms with Crippen molar-refractivity contribution >= 4 is 25.8 Å². The van der Waals surface area contributed by atoms with E-state index in [-0.39, 0.29) is 5.75 Å². The largest absolute Gasteiger partial charge is 0.325 e. The summed E-state index contributed by atoms with van der Waals surface area (Å²) in [6, 6.07) is 10.0. The average Bonchev–Trinajstić information content (AvgIpc) is 2.39. The predicted molar refractivity (Wildman–Crippen MR) is 77.2 cm³/mol. The molecular formula is C13H13BrN2O2S. The van der Waals surface area contributed by atoms with E-state index in [9.17, 15) is 8.42 Å². The molecule has 0 radical (unpaired) electrons. The molecule has 0 saturated carbocycles. The van der Waals surface area contributed by atoms with Gasteiger partial charge in [-0.15, -0.1) is 0 Å². The molecule has 0 atom stereocenters. The van der Waals surface area contributed by atoms with Crippen LogP contribution in [0, 0.1) is 0 Å². The van der Waals surface area contributed by atoms with Crippen molar-refractivity contribution in [1.82, 2.24) is 4.98 Å². The van der Waals surface area contributed by atoms with Crippen LogP contribution >= 0.6 is 15.9 Å². The van der Waals surface area contributed by atoms with E-state index in [1.54, 1.807) is 42.6 Å². The fourth-order valence-corrected chi connectivity index (χ4v) is 3.27. The molecule has 0 unspecified atom stereocenters. The molecule has 19 heavy (non-hydrogen) atoms. The van der Waals surface area contributed by atoms with E-state index in [0.717, 1.165) is 4.47 Å². The molecule has 0 saturated heterocycles.